The SMILES string of the molecule is CN(C)CC(C)(C)CNc1cccc(Br)c1C(=O)O. The van der Waals surface area contributed by atoms with E-state index >= 15 is 0 Å². The summed E-state index contributed by atoms with van der Waals surface area (Å²) in [5, 5.41) is 12.5. The van der Waals surface area contributed by atoms with Gasteiger partial charge in [-0.1, -0.05) is 19.9 Å². The minimum Gasteiger partial charge on any atom is -0.478 e. The van der Waals surface area contributed by atoms with E-state index in [1.54, 1.807) is 12.1 Å². The number of aromatic carboxylic acids is 1. The molecule has 0 saturated carbocycles. The van der Waals surface area contributed by atoms with Gasteiger partial charge in [0.05, 0.1) is 5.56 Å². The minimum atomic E-state index is -0.930. The van der Waals surface area contributed by atoms with Crippen LogP contribution in [-0.2, 0) is 0 Å². The maximum Gasteiger partial charge on any atom is 0.338 e. The van der Waals surface area contributed by atoms with Gasteiger partial charge >= 0.3 is 5.97 Å². The van der Waals surface area contributed by atoms with Gasteiger partial charge in [0.2, 0.25) is 0 Å². The highest BCUT2D eigenvalue weighted by atomic mass is 79.9. The molecule has 1 rings (SSSR count). The predicted octanol–water partition coefficient (Wildman–Crippen LogP) is 3.15. The Morgan fingerprint density at radius 2 is 2.05 bits per heavy atom. The van der Waals surface area contributed by atoms with Crippen molar-refractivity contribution in [1.82, 2.24) is 4.90 Å². The van der Waals surface area contributed by atoms with Gasteiger partial charge in [-0.05, 0) is 47.6 Å². The first kappa shape index (κ1) is 16.0. The van der Waals surface area contributed by atoms with Crippen molar-refractivity contribution >= 4 is 27.6 Å². The standard InChI is InChI=1S/C14H21BrN2O2/c1-14(2,9-17(3)4)8-16-11-7-5-6-10(15)12(11)13(18)19/h5-7,16H,8-9H2,1-4H3,(H,18,19). The molecule has 0 fully saturated rings. The van der Waals surface area contributed by atoms with Crippen LogP contribution in [0.1, 0.15) is 24.2 Å². The summed E-state index contributed by atoms with van der Waals surface area (Å²) in [4.78, 5) is 13.4. The fourth-order valence-corrected chi connectivity index (χ4v) is 2.67. The number of hydrogen-bond acceptors (Lipinski definition) is 3. The van der Waals surface area contributed by atoms with Crippen molar-refractivity contribution in [2.45, 2.75) is 13.8 Å². The molecule has 0 aliphatic rings. The lowest BCUT2D eigenvalue weighted by Crippen LogP contribution is -2.34. The molecule has 1 aromatic rings. The molecule has 4 nitrogen and oxygen atoms in total. The predicted molar refractivity (Wildman–Crippen MR) is 81.9 cm³/mol. The number of hydrogen-bond donors (Lipinski definition) is 2. The maximum absolute atomic E-state index is 11.3. The van der Waals surface area contributed by atoms with Crippen molar-refractivity contribution in [3.8, 4) is 0 Å². The van der Waals surface area contributed by atoms with Gasteiger partial charge in [0.1, 0.15) is 0 Å². The van der Waals surface area contributed by atoms with E-state index in [0.29, 0.717) is 16.7 Å². The van der Waals surface area contributed by atoms with Crippen molar-refractivity contribution in [3.63, 3.8) is 0 Å². The third-order valence-electron chi connectivity index (χ3n) is 2.73. The molecule has 0 bridgehead atoms. The number of halogens is 1. The number of carboxylic acids is 1. The smallest absolute Gasteiger partial charge is 0.338 e. The summed E-state index contributed by atoms with van der Waals surface area (Å²) >= 11 is 3.28. The van der Waals surface area contributed by atoms with Crippen LogP contribution in [0.5, 0.6) is 0 Å². The highest BCUT2D eigenvalue weighted by molar-refractivity contribution is 9.10. The first-order valence-electron chi connectivity index (χ1n) is 6.13. The normalized spacial score (nSPS) is 11.7. The second kappa shape index (κ2) is 6.39. The van der Waals surface area contributed by atoms with Gasteiger partial charge in [-0.3, -0.25) is 0 Å². The average molecular weight is 329 g/mol. The molecule has 0 radical (unpaired) electrons. The lowest BCUT2D eigenvalue weighted by molar-refractivity contribution is 0.0697. The Bertz CT molecular complexity index is 459. The van der Waals surface area contributed by atoms with Gasteiger partial charge < -0.3 is 15.3 Å². The highest BCUT2D eigenvalue weighted by Crippen LogP contribution is 2.26. The highest BCUT2D eigenvalue weighted by Gasteiger charge is 2.20. The van der Waals surface area contributed by atoms with Crippen LogP contribution in [0.3, 0.4) is 0 Å². The zero-order chi connectivity index (χ0) is 14.6. The third kappa shape index (κ3) is 4.84. The van der Waals surface area contributed by atoms with Crippen LogP contribution < -0.4 is 5.32 Å². The van der Waals surface area contributed by atoms with Gasteiger partial charge in [-0.2, -0.15) is 0 Å². The largest absolute Gasteiger partial charge is 0.478 e. The molecule has 0 aliphatic carbocycles. The summed E-state index contributed by atoms with van der Waals surface area (Å²) in [6.07, 6.45) is 0. The van der Waals surface area contributed by atoms with Gasteiger partial charge in [0.15, 0.2) is 0 Å². The van der Waals surface area contributed by atoms with Crippen molar-refractivity contribution in [1.29, 1.82) is 0 Å². The summed E-state index contributed by atoms with van der Waals surface area (Å²) < 4.78 is 0.593. The quantitative estimate of drug-likeness (QED) is 0.842. The fraction of sp³-hybridized carbons (Fsp3) is 0.500. The lowest BCUT2D eigenvalue weighted by atomic mass is 9.92. The fourth-order valence-electron chi connectivity index (χ4n) is 2.14. The Morgan fingerprint density at radius 3 is 2.58 bits per heavy atom. The molecule has 0 unspecified atom stereocenters. The number of rotatable bonds is 6. The molecule has 0 spiro atoms. The Hall–Kier alpha value is -1.07. The second-order valence-corrected chi connectivity index (χ2v) is 6.58. The average Bonchev–Trinajstić information content (AvgIpc) is 2.24. The van der Waals surface area contributed by atoms with Crippen LogP contribution in [0, 0.1) is 5.41 Å². The summed E-state index contributed by atoms with van der Waals surface area (Å²) in [5.74, 6) is -0.930. The van der Waals surface area contributed by atoms with E-state index < -0.39 is 5.97 Å². The number of nitrogens with zero attached hydrogens (tertiary/aromatic N) is 1. The first-order chi connectivity index (χ1) is 8.73. The monoisotopic (exact) mass is 328 g/mol. The van der Waals surface area contributed by atoms with Crippen LogP contribution >= 0.6 is 15.9 Å². The Labute approximate surface area is 122 Å². The van der Waals surface area contributed by atoms with Gasteiger partial charge in [-0.25, -0.2) is 4.79 Å². The molecular weight excluding hydrogens is 308 g/mol. The third-order valence-corrected chi connectivity index (χ3v) is 3.39. The summed E-state index contributed by atoms with van der Waals surface area (Å²) in [5.41, 5.74) is 0.985. The van der Waals surface area contributed by atoms with Crippen LogP contribution in [0.2, 0.25) is 0 Å². The summed E-state index contributed by atoms with van der Waals surface area (Å²) in [6.45, 7) is 5.94. The Morgan fingerprint density at radius 1 is 1.42 bits per heavy atom. The van der Waals surface area contributed by atoms with E-state index in [1.165, 1.54) is 0 Å². The van der Waals surface area contributed by atoms with E-state index in [-0.39, 0.29) is 11.0 Å². The van der Waals surface area contributed by atoms with Gasteiger partial charge in [-0.15, -0.1) is 0 Å². The van der Waals surface area contributed by atoms with E-state index in [4.69, 9.17) is 0 Å². The van der Waals surface area contributed by atoms with E-state index in [0.717, 1.165) is 6.54 Å². The van der Waals surface area contributed by atoms with Crippen molar-refractivity contribution in [2.75, 3.05) is 32.5 Å². The first-order valence-corrected chi connectivity index (χ1v) is 6.93. The molecule has 0 aliphatic heterocycles. The molecule has 0 saturated heterocycles. The number of benzene rings is 1. The van der Waals surface area contributed by atoms with Crippen LogP contribution in [-0.4, -0.2) is 43.2 Å². The van der Waals surface area contributed by atoms with Gasteiger partial charge in [0.25, 0.3) is 0 Å². The molecule has 106 valence electrons. The molecule has 0 aromatic heterocycles. The summed E-state index contributed by atoms with van der Waals surface area (Å²) in [7, 11) is 4.06. The lowest BCUT2D eigenvalue weighted by Gasteiger charge is -2.29. The Balaban J connectivity index is 2.84. The number of carbonyl (C=O) groups is 1. The molecule has 0 heterocycles. The zero-order valence-corrected chi connectivity index (χ0v) is 13.4. The molecule has 0 atom stereocenters. The van der Waals surface area contributed by atoms with Crippen LogP contribution in [0.4, 0.5) is 5.69 Å². The molecule has 19 heavy (non-hydrogen) atoms. The zero-order valence-electron chi connectivity index (χ0n) is 11.8. The number of nitrogens with one attached hydrogen (secondary N) is 1. The van der Waals surface area contributed by atoms with Crippen molar-refractivity contribution < 1.29 is 9.90 Å². The van der Waals surface area contributed by atoms with Crippen molar-refractivity contribution in [2.24, 2.45) is 5.41 Å². The minimum absolute atomic E-state index is 0.0571. The topological polar surface area (TPSA) is 52.6 Å². The summed E-state index contributed by atoms with van der Waals surface area (Å²) in [6, 6.07) is 5.36. The molecule has 2 N–H and O–H groups in total. The number of carboxylic acid groups (broad SMARTS) is 1. The molecular formula is C14H21BrN2O2. The number of anilines is 1. The maximum atomic E-state index is 11.3. The van der Waals surface area contributed by atoms with E-state index in [9.17, 15) is 9.90 Å². The van der Waals surface area contributed by atoms with Crippen molar-refractivity contribution in [3.05, 3.63) is 28.2 Å². The molecule has 5 heteroatoms. The van der Waals surface area contributed by atoms with Crippen LogP contribution in [0.25, 0.3) is 0 Å². The molecule has 1 aromatic carbocycles. The molecule has 0 amide bonds. The second-order valence-electron chi connectivity index (χ2n) is 5.72. The van der Waals surface area contributed by atoms with E-state index in [1.807, 2.05) is 20.2 Å². The van der Waals surface area contributed by atoms with Crippen LogP contribution in [0.15, 0.2) is 22.7 Å². The Kier molecular flexibility index (Phi) is 5.38. The van der Waals surface area contributed by atoms with Gasteiger partial charge in [0, 0.05) is 23.2 Å². The van der Waals surface area contributed by atoms with E-state index in [2.05, 4.69) is 40.0 Å².